The molecule has 0 aliphatic rings. The van der Waals surface area contributed by atoms with Gasteiger partial charge in [0.05, 0.1) is 17.3 Å². The molecule has 6 heteroatoms. The lowest BCUT2D eigenvalue weighted by Gasteiger charge is -2.05. The van der Waals surface area contributed by atoms with E-state index >= 15 is 0 Å². The number of anilines is 1. The maximum Gasteiger partial charge on any atom is 0.223 e. The number of aromatic nitrogens is 2. The zero-order valence-electron chi connectivity index (χ0n) is 8.50. The first kappa shape index (κ1) is 11.4. The van der Waals surface area contributed by atoms with E-state index < -0.39 is 0 Å². The van der Waals surface area contributed by atoms with Crippen molar-refractivity contribution in [1.82, 2.24) is 10.1 Å². The Morgan fingerprint density at radius 1 is 1.50 bits per heavy atom. The fraction of sp³-hybridized carbons (Fsp3) is 0.200. The Hall–Kier alpha value is -1.07. The molecule has 0 unspecified atom stereocenters. The van der Waals surface area contributed by atoms with Gasteiger partial charge in [-0.25, -0.2) is 0 Å². The third-order valence-corrected chi connectivity index (χ3v) is 2.74. The predicted octanol–water partition coefficient (Wildman–Crippen LogP) is 3.41. The van der Waals surface area contributed by atoms with Crippen molar-refractivity contribution in [2.45, 2.75) is 13.5 Å². The molecule has 0 amide bonds. The highest BCUT2D eigenvalue weighted by Gasteiger charge is 2.04. The first-order valence-electron chi connectivity index (χ1n) is 4.63. The first-order chi connectivity index (χ1) is 7.65. The molecule has 4 nitrogen and oxygen atoms in total. The topological polar surface area (TPSA) is 51.0 Å². The van der Waals surface area contributed by atoms with Crippen LogP contribution in [0.2, 0.25) is 5.02 Å². The minimum atomic E-state index is 0.485. The lowest BCUT2D eigenvalue weighted by atomic mass is 10.3. The molecular weight excluding hydrogens is 293 g/mol. The van der Waals surface area contributed by atoms with E-state index in [-0.39, 0.29) is 0 Å². The Bertz CT molecular complexity index is 501. The van der Waals surface area contributed by atoms with Crippen LogP contribution in [-0.4, -0.2) is 10.1 Å². The van der Waals surface area contributed by atoms with Crippen LogP contribution in [0.25, 0.3) is 0 Å². The van der Waals surface area contributed by atoms with E-state index in [4.69, 9.17) is 16.1 Å². The summed E-state index contributed by atoms with van der Waals surface area (Å²) < 4.78 is 5.80. The van der Waals surface area contributed by atoms with Crippen LogP contribution in [0.3, 0.4) is 0 Å². The lowest BCUT2D eigenvalue weighted by Crippen LogP contribution is -2.01. The minimum Gasteiger partial charge on any atom is -0.376 e. The van der Waals surface area contributed by atoms with Crippen molar-refractivity contribution in [3.63, 3.8) is 0 Å². The average molecular weight is 303 g/mol. The van der Waals surface area contributed by atoms with Crippen molar-refractivity contribution >= 4 is 33.2 Å². The van der Waals surface area contributed by atoms with Gasteiger partial charge in [0.2, 0.25) is 5.89 Å². The molecule has 0 bridgehead atoms. The quantitative estimate of drug-likeness (QED) is 0.944. The number of halogens is 2. The maximum absolute atomic E-state index is 6.04. The minimum absolute atomic E-state index is 0.485. The third-order valence-electron chi connectivity index (χ3n) is 1.94. The monoisotopic (exact) mass is 301 g/mol. The van der Waals surface area contributed by atoms with Gasteiger partial charge >= 0.3 is 0 Å². The van der Waals surface area contributed by atoms with Crippen molar-refractivity contribution in [1.29, 1.82) is 0 Å². The van der Waals surface area contributed by atoms with Crippen molar-refractivity contribution < 1.29 is 4.52 Å². The number of rotatable bonds is 3. The van der Waals surface area contributed by atoms with Crippen molar-refractivity contribution in [3.8, 4) is 0 Å². The van der Waals surface area contributed by atoms with Gasteiger partial charge in [-0.3, -0.25) is 0 Å². The van der Waals surface area contributed by atoms with Crippen molar-refractivity contribution in [2.24, 2.45) is 0 Å². The van der Waals surface area contributed by atoms with Crippen LogP contribution in [0.1, 0.15) is 11.7 Å². The van der Waals surface area contributed by atoms with Gasteiger partial charge in [-0.2, -0.15) is 4.98 Å². The molecular formula is C10H9BrClN3O. The zero-order valence-corrected chi connectivity index (χ0v) is 10.8. The standard InChI is InChI=1S/C10H9BrClN3O/c1-6-14-10(15-16-6)5-13-9-3-2-7(11)4-8(9)12/h2-4,13H,5H2,1H3. The predicted molar refractivity (Wildman–Crippen MR) is 65.5 cm³/mol. The summed E-state index contributed by atoms with van der Waals surface area (Å²) >= 11 is 9.39. The van der Waals surface area contributed by atoms with Crippen LogP contribution in [0.4, 0.5) is 5.69 Å². The van der Waals surface area contributed by atoms with Crippen LogP contribution in [0, 0.1) is 6.92 Å². The van der Waals surface area contributed by atoms with Crippen LogP contribution in [0.5, 0.6) is 0 Å². The molecule has 1 aromatic heterocycles. The van der Waals surface area contributed by atoms with Gasteiger partial charge in [0, 0.05) is 11.4 Å². The Morgan fingerprint density at radius 3 is 2.94 bits per heavy atom. The molecule has 0 radical (unpaired) electrons. The fourth-order valence-corrected chi connectivity index (χ4v) is 1.96. The number of hydrogen-bond donors (Lipinski definition) is 1. The molecule has 0 atom stereocenters. The van der Waals surface area contributed by atoms with E-state index in [0.29, 0.717) is 23.3 Å². The summed E-state index contributed by atoms with van der Waals surface area (Å²) in [6, 6.07) is 5.63. The molecule has 0 spiro atoms. The van der Waals surface area contributed by atoms with Crippen LogP contribution < -0.4 is 5.32 Å². The van der Waals surface area contributed by atoms with E-state index in [1.165, 1.54) is 0 Å². The number of aryl methyl sites for hydroxylation is 1. The molecule has 2 rings (SSSR count). The van der Waals surface area contributed by atoms with Crippen LogP contribution in [-0.2, 0) is 6.54 Å². The third kappa shape index (κ3) is 2.74. The zero-order chi connectivity index (χ0) is 11.5. The number of nitrogens with one attached hydrogen (secondary N) is 1. The summed E-state index contributed by atoms with van der Waals surface area (Å²) in [4.78, 5) is 4.08. The van der Waals surface area contributed by atoms with Gasteiger partial charge in [-0.15, -0.1) is 0 Å². The van der Waals surface area contributed by atoms with E-state index in [1.807, 2.05) is 18.2 Å². The smallest absolute Gasteiger partial charge is 0.223 e. The maximum atomic E-state index is 6.04. The molecule has 1 aromatic carbocycles. The molecule has 1 N–H and O–H groups in total. The van der Waals surface area contributed by atoms with Gasteiger partial charge < -0.3 is 9.84 Å². The summed E-state index contributed by atoms with van der Waals surface area (Å²) in [6.07, 6.45) is 0. The Kier molecular flexibility index (Phi) is 3.46. The lowest BCUT2D eigenvalue weighted by molar-refractivity contribution is 0.388. The summed E-state index contributed by atoms with van der Waals surface area (Å²) in [5.41, 5.74) is 0.840. The largest absolute Gasteiger partial charge is 0.376 e. The molecule has 84 valence electrons. The summed E-state index contributed by atoms with van der Waals surface area (Å²) in [7, 11) is 0. The van der Waals surface area contributed by atoms with E-state index in [1.54, 1.807) is 6.92 Å². The van der Waals surface area contributed by atoms with Crippen LogP contribution in [0.15, 0.2) is 27.2 Å². The van der Waals surface area contributed by atoms with E-state index in [9.17, 15) is 0 Å². The van der Waals surface area contributed by atoms with Gasteiger partial charge in [0.1, 0.15) is 0 Å². The molecule has 16 heavy (non-hydrogen) atoms. The second-order valence-electron chi connectivity index (χ2n) is 3.21. The molecule has 2 aromatic rings. The SMILES string of the molecule is Cc1nc(CNc2ccc(Br)cc2Cl)no1. The van der Waals surface area contributed by atoms with Crippen molar-refractivity contribution in [2.75, 3.05) is 5.32 Å². The Morgan fingerprint density at radius 2 is 2.31 bits per heavy atom. The average Bonchev–Trinajstić information content (AvgIpc) is 2.63. The van der Waals surface area contributed by atoms with E-state index in [0.717, 1.165) is 10.2 Å². The highest BCUT2D eigenvalue weighted by molar-refractivity contribution is 9.10. The molecule has 0 saturated carbocycles. The second-order valence-corrected chi connectivity index (χ2v) is 4.53. The highest BCUT2D eigenvalue weighted by atomic mass is 79.9. The second kappa shape index (κ2) is 4.84. The molecule has 0 fully saturated rings. The number of hydrogen-bond acceptors (Lipinski definition) is 4. The molecule has 0 aliphatic heterocycles. The Balaban J connectivity index is 2.04. The van der Waals surface area contributed by atoms with E-state index in [2.05, 4.69) is 31.4 Å². The summed E-state index contributed by atoms with van der Waals surface area (Å²) in [5.74, 6) is 1.16. The van der Waals surface area contributed by atoms with Gasteiger partial charge in [-0.05, 0) is 18.2 Å². The fourth-order valence-electron chi connectivity index (χ4n) is 1.22. The molecule has 0 aliphatic carbocycles. The highest BCUT2D eigenvalue weighted by Crippen LogP contribution is 2.25. The van der Waals surface area contributed by atoms with Gasteiger partial charge in [-0.1, -0.05) is 32.7 Å². The molecule has 0 saturated heterocycles. The first-order valence-corrected chi connectivity index (χ1v) is 5.80. The summed E-state index contributed by atoms with van der Waals surface area (Å²) in [5, 5.41) is 7.56. The van der Waals surface area contributed by atoms with Crippen molar-refractivity contribution in [3.05, 3.63) is 39.4 Å². The number of benzene rings is 1. The van der Waals surface area contributed by atoms with Crippen LogP contribution >= 0.6 is 27.5 Å². The van der Waals surface area contributed by atoms with Gasteiger partial charge in [0.15, 0.2) is 5.82 Å². The summed E-state index contributed by atoms with van der Waals surface area (Å²) in [6.45, 7) is 2.24. The van der Waals surface area contributed by atoms with Gasteiger partial charge in [0.25, 0.3) is 0 Å². The molecule has 1 heterocycles. The normalized spacial score (nSPS) is 10.4. The Labute approximate surface area is 106 Å². The number of nitrogens with zero attached hydrogens (tertiary/aromatic N) is 2.